The number of halogens is 1. The Bertz CT molecular complexity index is 1560. The van der Waals surface area contributed by atoms with Gasteiger partial charge in [-0.05, 0) is 18.6 Å². The third-order valence-corrected chi connectivity index (χ3v) is 6.88. The van der Waals surface area contributed by atoms with Crippen LogP contribution in [0.4, 0.5) is 11.5 Å². The van der Waals surface area contributed by atoms with E-state index in [0.717, 1.165) is 50.2 Å². The number of morpholine rings is 1. The lowest BCUT2D eigenvalue weighted by atomic mass is 10.1. The highest BCUT2D eigenvalue weighted by Gasteiger charge is 2.25. The van der Waals surface area contributed by atoms with Crippen LogP contribution in [0.3, 0.4) is 0 Å². The third-order valence-electron chi connectivity index (χ3n) is 6.58. The number of aromatic amines is 1. The van der Waals surface area contributed by atoms with Crippen molar-refractivity contribution < 1.29 is 23.7 Å². The summed E-state index contributed by atoms with van der Waals surface area (Å²) in [6, 6.07) is 5.44. The molecule has 206 valence electrons. The molecule has 0 radical (unpaired) electrons. The molecule has 0 spiro atoms. The van der Waals surface area contributed by atoms with Gasteiger partial charge >= 0.3 is 0 Å². The van der Waals surface area contributed by atoms with Gasteiger partial charge in [-0.25, -0.2) is 9.97 Å². The van der Waals surface area contributed by atoms with Gasteiger partial charge in [-0.1, -0.05) is 23.4 Å². The van der Waals surface area contributed by atoms with Crippen LogP contribution in [-0.4, -0.2) is 78.4 Å². The first-order valence-corrected chi connectivity index (χ1v) is 13.2. The molecule has 4 aromatic rings. The van der Waals surface area contributed by atoms with Crippen LogP contribution in [0.15, 0.2) is 36.9 Å². The maximum absolute atomic E-state index is 6.70. The minimum absolute atomic E-state index is 0.0509. The molecule has 2 aliphatic heterocycles. The average molecular weight is 563 g/mol. The van der Waals surface area contributed by atoms with Crippen molar-refractivity contribution in [3.8, 4) is 34.8 Å². The van der Waals surface area contributed by atoms with E-state index in [1.54, 1.807) is 25.6 Å². The van der Waals surface area contributed by atoms with E-state index in [2.05, 4.69) is 42.2 Å². The van der Waals surface area contributed by atoms with E-state index in [-0.39, 0.29) is 6.79 Å². The van der Waals surface area contributed by atoms with Gasteiger partial charge in [0.25, 0.3) is 0 Å². The SMILES string of the molecule is COc1cc2c(Nc3c(Cl)cc(C#Cc4cn[nH]c4)c4c3OCO4)ncnc2cc1OCCCN1CCOCC1. The molecular weight excluding hydrogens is 536 g/mol. The fraction of sp³-hybridized carbons (Fsp3) is 0.321. The van der Waals surface area contributed by atoms with Gasteiger partial charge in [0.2, 0.25) is 6.79 Å². The molecule has 2 aromatic heterocycles. The molecule has 4 heterocycles. The maximum Gasteiger partial charge on any atom is 0.231 e. The number of ether oxygens (including phenoxy) is 5. The zero-order valence-electron chi connectivity index (χ0n) is 21.8. The van der Waals surface area contributed by atoms with E-state index in [4.69, 9.17) is 35.3 Å². The van der Waals surface area contributed by atoms with Crippen LogP contribution in [0.1, 0.15) is 17.5 Å². The Morgan fingerprint density at radius 2 is 1.98 bits per heavy atom. The van der Waals surface area contributed by atoms with Gasteiger partial charge in [0.05, 0.1) is 54.8 Å². The molecule has 2 aromatic carbocycles. The summed E-state index contributed by atoms with van der Waals surface area (Å²) in [5.74, 6) is 8.81. The van der Waals surface area contributed by atoms with Gasteiger partial charge in [0.15, 0.2) is 23.0 Å². The predicted octanol–water partition coefficient (Wildman–Crippen LogP) is 3.99. The fourth-order valence-electron chi connectivity index (χ4n) is 4.55. The number of nitrogens with zero attached hydrogens (tertiary/aromatic N) is 4. The topological polar surface area (TPSA) is 116 Å². The van der Waals surface area contributed by atoms with Crippen molar-refractivity contribution >= 4 is 34.0 Å². The lowest BCUT2D eigenvalue weighted by Gasteiger charge is -2.26. The molecule has 0 saturated carbocycles. The lowest BCUT2D eigenvalue weighted by Crippen LogP contribution is -2.37. The number of rotatable bonds is 8. The Kier molecular flexibility index (Phi) is 7.72. The number of fused-ring (bicyclic) bond motifs is 2. The van der Waals surface area contributed by atoms with Gasteiger partial charge in [0, 0.05) is 37.3 Å². The zero-order valence-corrected chi connectivity index (χ0v) is 22.6. The molecule has 0 amide bonds. The van der Waals surface area contributed by atoms with E-state index < -0.39 is 0 Å². The number of hydrogen-bond donors (Lipinski definition) is 2. The van der Waals surface area contributed by atoms with Crippen LogP contribution in [0.25, 0.3) is 10.9 Å². The molecule has 6 rings (SSSR count). The van der Waals surface area contributed by atoms with E-state index in [0.29, 0.717) is 57.2 Å². The van der Waals surface area contributed by atoms with Crippen molar-refractivity contribution in [2.45, 2.75) is 6.42 Å². The van der Waals surface area contributed by atoms with Crippen LogP contribution in [0, 0.1) is 11.8 Å². The normalized spacial score (nSPS) is 14.6. The molecule has 11 nitrogen and oxygen atoms in total. The second-order valence-electron chi connectivity index (χ2n) is 9.11. The minimum atomic E-state index is 0.0509. The average Bonchev–Trinajstić information content (AvgIpc) is 3.69. The van der Waals surface area contributed by atoms with E-state index >= 15 is 0 Å². The molecule has 0 atom stereocenters. The Morgan fingerprint density at radius 1 is 1.10 bits per heavy atom. The molecule has 40 heavy (non-hydrogen) atoms. The highest BCUT2D eigenvalue weighted by molar-refractivity contribution is 6.34. The fourth-order valence-corrected chi connectivity index (χ4v) is 4.80. The summed E-state index contributed by atoms with van der Waals surface area (Å²) in [6.45, 7) is 5.05. The number of benzene rings is 2. The zero-order chi connectivity index (χ0) is 27.3. The number of H-pyrrole nitrogens is 1. The van der Waals surface area contributed by atoms with Crippen LogP contribution in [0.5, 0.6) is 23.0 Å². The standard InChI is InChI=1S/C28H27ClN6O5/c1-36-23-12-20-22(13-24(23)38-8-2-5-35-6-9-37-10-7-35)30-16-31-28(20)34-25-21(29)11-19(26-27(25)40-17-39-26)4-3-18-14-32-33-15-18/h11-16H,2,5-10,17H2,1H3,(H,32,33)(H,30,31,34). The minimum Gasteiger partial charge on any atom is -0.493 e. The first kappa shape index (κ1) is 26.0. The summed E-state index contributed by atoms with van der Waals surface area (Å²) < 4.78 is 28.7. The van der Waals surface area contributed by atoms with Crippen LogP contribution in [-0.2, 0) is 4.74 Å². The summed E-state index contributed by atoms with van der Waals surface area (Å²) in [5, 5.41) is 11.1. The first-order valence-electron chi connectivity index (χ1n) is 12.8. The molecule has 1 fully saturated rings. The number of hydrogen-bond acceptors (Lipinski definition) is 10. The Morgan fingerprint density at radius 3 is 2.80 bits per heavy atom. The van der Waals surface area contributed by atoms with Gasteiger partial charge in [-0.15, -0.1) is 0 Å². The Hall–Kier alpha value is -4.24. The van der Waals surface area contributed by atoms with Crippen molar-refractivity contribution in [3.63, 3.8) is 0 Å². The number of anilines is 2. The maximum atomic E-state index is 6.70. The van der Waals surface area contributed by atoms with Crippen LogP contribution in [0.2, 0.25) is 5.02 Å². The molecule has 2 aliphatic rings. The van der Waals surface area contributed by atoms with Gasteiger partial charge in [-0.2, -0.15) is 5.10 Å². The second kappa shape index (κ2) is 11.9. The highest BCUT2D eigenvalue weighted by Crippen LogP contribution is 2.47. The van der Waals surface area contributed by atoms with E-state index in [1.807, 2.05) is 12.1 Å². The lowest BCUT2D eigenvalue weighted by molar-refractivity contribution is 0.0357. The predicted molar refractivity (Wildman–Crippen MR) is 149 cm³/mol. The monoisotopic (exact) mass is 562 g/mol. The third kappa shape index (κ3) is 5.56. The molecule has 1 saturated heterocycles. The number of methoxy groups -OCH3 is 1. The molecule has 2 N–H and O–H groups in total. The summed E-state index contributed by atoms with van der Waals surface area (Å²) >= 11 is 6.70. The summed E-state index contributed by atoms with van der Waals surface area (Å²) in [6.07, 6.45) is 5.72. The first-order chi connectivity index (χ1) is 19.7. The van der Waals surface area contributed by atoms with Crippen molar-refractivity contribution in [1.82, 2.24) is 25.1 Å². The van der Waals surface area contributed by atoms with E-state index in [9.17, 15) is 0 Å². The van der Waals surface area contributed by atoms with Gasteiger partial charge in [-0.3, -0.25) is 10.00 Å². The summed E-state index contributed by atoms with van der Waals surface area (Å²) in [5.41, 5.74) is 2.56. The Balaban J connectivity index is 1.24. The van der Waals surface area contributed by atoms with Crippen LogP contribution >= 0.6 is 11.6 Å². The highest BCUT2D eigenvalue weighted by atomic mass is 35.5. The van der Waals surface area contributed by atoms with Gasteiger partial charge in [0.1, 0.15) is 17.8 Å². The van der Waals surface area contributed by atoms with Gasteiger partial charge < -0.3 is 29.0 Å². The molecule has 0 aliphatic carbocycles. The molecule has 12 heteroatoms. The van der Waals surface area contributed by atoms with E-state index in [1.165, 1.54) is 6.33 Å². The smallest absolute Gasteiger partial charge is 0.231 e. The number of aromatic nitrogens is 4. The summed E-state index contributed by atoms with van der Waals surface area (Å²) in [7, 11) is 1.61. The largest absolute Gasteiger partial charge is 0.493 e. The number of nitrogens with one attached hydrogen (secondary N) is 2. The van der Waals surface area contributed by atoms with Crippen molar-refractivity contribution in [3.05, 3.63) is 53.1 Å². The van der Waals surface area contributed by atoms with Crippen molar-refractivity contribution in [2.75, 3.05) is 58.7 Å². The van der Waals surface area contributed by atoms with Crippen LogP contribution < -0.4 is 24.3 Å². The molecule has 0 bridgehead atoms. The Labute approximate surface area is 235 Å². The second-order valence-corrected chi connectivity index (χ2v) is 9.51. The quantitative estimate of drug-likeness (QED) is 0.241. The molecule has 0 unspecified atom stereocenters. The molecular formula is C28H27ClN6O5. The van der Waals surface area contributed by atoms with Crippen molar-refractivity contribution in [2.24, 2.45) is 0 Å². The summed E-state index contributed by atoms with van der Waals surface area (Å²) in [4.78, 5) is 11.3. The van der Waals surface area contributed by atoms with Crippen molar-refractivity contribution in [1.29, 1.82) is 0 Å².